The average Bonchev–Trinajstić information content (AvgIpc) is 3.07. The molecule has 3 heteroatoms. The molecular weight excluding hydrogens is 315 g/mol. The third-order valence-corrected chi connectivity index (χ3v) is 5.76. The van der Waals surface area contributed by atoms with Crippen molar-refractivity contribution in [3.8, 4) is 5.75 Å². The lowest BCUT2D eigenvalue weighted by molar-refractivity contribution is -0.177. The zero-order valence-electron chi connectivity index (χ0n) is 16.4. The van der Waals surface area contributed by atoms with Gasteiger partial charge in [-0.1, -0.05) is 66.0 Å². The van der Waals surface area contributed by atoms with Crippen molar-refractivity contribution in [2.75, 3.05) is 0 Å². The van der Waals surface area contributed by atoms with Crippen molar-refractivity contribution >= 4 is 0 Å². The normalized spacial score (nSPS) is 27.8. The van der Waals surface area contributed by atoms with Gasteiger partial charge < -0.3 is 9.47 Å². The summed E-state index contributed by atoms with van der Waals surface area (Å²) in [6.07, 6.45) is 6.62. The predicted octanol–water partition coefficient (Wildman–Crippen LogP) is 6.38. The maximum atomic E-state index is 14.8. The number of rotatable bonds is 5. The lowest BCUT2D eigenvalue weighted by Crippen LogP contribution is -2.38. The first-order valence-electron chi connectivity index (χ1n) is 9.73. The van der Waals surface area contributed by atoms with Gasteiger partial charge in [0.25, 0.3) is 0 Å². The molecule has 2 unspecified atom stereocenters. The van der Waals surface area contributed by atoms with Crippen LogP contribution >= 0.6 is 0 Å². The highest BCUT2D eigenvalue weighted by molar-refractivity contribution is 5.37. The molecule has 0 spiro atoms. The van der Waals surface area contributed by atoms with E-state index in [2.05, 4.69) is 20.8 Å². The van der Waals surface area contributed by atoms with E-state index in [4.69, 9.17) is 9.47 Å². The van der Waals surface area contributed by atoms with Gasteiger partial charge in [-0.05, 0) is 37.0 Å². The van der Waals surface area contributed by atoms with E-state index in [1.165, 1.54) is 19.3 Å². The van der Waals surface area contributed by atoms with Gasteiger partial charge in [0.1, 0.15) is 11.4 Å². The average molecular weight is 349 g/mol. The summed E-state index contributed by atoms with van der Waals surface area (Å²) in [5.74, 6) is 0.751. The lowest BCUT2D eigenvalue weighted by atomic mass is 9.94. The molecule has 2 aliphatic rings. The Labute approximate surface area is 152 Å². The molecule has 0 saturated heterocycles. The molecule has 2 atom stereocenters. The van der Waals surface area contributed by atoms with E-state index in [9.17, 15) is 4.39 Å². The van der Waals surface area contributed by atoms with Crippen LogP contribution in [0.4, 0.5) is 4.39 Å². The highest BCUT2D eigenvalue weighted by Gasteiger charge is 2.63. The third kappa shape index (κ3) is 4.02. The van der Waals surface area contributed by atoms with Crippen molar-refractivity contribution in [2.45, 2.75) is 91.2 Å². The number of hydrogen-bond donors (Lipinski definition) is 0. The first-order chi connectivity index (χ1) is 11.6. The monoisotopic (exact) mass is 348 g/mol. The summed E-state index contributed by atoms with van der Waals surface area (Å²) < 4.78 is 27.3. The number of hydrogen-bond acceptors (Lipinski definition) is 2. The van der Waals surface area contributed by atoms with Crippen molar-refractivity contribution in [3.05, 3.63) is 29.8 Å². The maximum Gasteiger partial charge on any atom is 0.204 e. The van der Waals surface area contributed by atoms with Crippen molar-refractivity contribution < 1.29 is 13.9 Å². The predicted molar refractivity (Wildman–Crippen MR) is 99.5 cm³/mol. The molecule has 0 N–H and O–H groups in total. The SMILES string of the molecule is CC(C)(C)C(Oc1ccc(C2(F)CC2(C)C)cc1)OC1CCCCC1. The van der Waals surface area contributed by atoms with Crippen molar-refractivity contribution in [1.82, 2.24) is 0 Å². The molecule has 25 heavy (non-hydrogen) atoms. The number of alkyl halides is 1. The van der Waals surface area contributed by atoms with E-state index in [0.29, 0.717) is 12.5 Å². The smallest absolute Gasteiger partial charge is 0.204 e. The molecule has 2 aliphatic carbocycles. The Morgan fingerprint density at radius 1 is 1.04 bits per heavy atom. The van der Waals surface area contributed by atoms with Crippen LogP contribution in [0.5, 0.6) is 5.75 Å². The lowest BCUT2D eigenvalue weighted by Gasteiger charge is -2.35. The van der Waals surface area contributed by atoms with Crippen LogP contribution in [0.3, 0.4) is 0 Å². The summed E-state index contributed by atoms with van der Waals surface area (Å²) in [7, 11) is 0. The van der Waals surface area contributed by atoms with Crippen LogP contribution in [0.15, 0.2) is 24.3 Å². The van der Waals surface area contributed by atoms with Crippen LogP contribution < -0.4 is 4.74 Å². The molecule has 0 aliphatic heterocycles. The number of ether oxygens (including phenoxy) is 2. The minimum Gasteiger partial charge on any atom is -0.464 e. The molecule has 3 rings (SSSR count). The number of benzene rings is 1. The highest BCUT2D eigenvalue weighted by atomic mass is 19.1. The first-order valence-corrected chi connectivity index (χ1v) is 9.73. The quantitative estimate of drug-likeness (QED) is 0.575. The summed E-state index contributed by atoms with van der Waals surface area (Å²) >= 11 is 0. The van der Waals surface area contributed by atoms with Gasteiger partial charge in [-0.2, -0.15) is 0 Å². The zero-order valence-corrected chi connectivity index (χ0v) is 16.4. The largest absolute Gasteiger partial charge is 0.464 e. The van der Waals surface area contributed by atoms with E-state index in [1.807, 2.05) is 38.1 Å². The molecule has 0 heterocycles. The van der Waals surface area contributed by atoms with Crippen LogP contribution in [0.1, 0.15) is 78.7 Å². The van der Waals surface area contributed by atoms with E-state index >= 15 is 0 Å². The fourth-order valence-electron chi connectivity index (χ4n) is 3.76. The Morgan fingerprint density at radius 2 is 1.60 bits per heavy atom. The van der Waals surface area contributed by atoms with Gasteiger partial charge in [-0.25, -0.2) is 4.39 Å². The minimum atomic E-state index is -1.19. The number of halogens is 1. The Morgan fingerprint density at radius 3 is 2.08 bits per heavy atom. The molecule has 1 aromatic carbocycles. The second kappa shape index (κ2) is 6.57. The molecule has 140 valence electrons. The standard InChI is InChI=1S/C22H33FO2/c1-20(2,3)19(24-17-9-7-6-8-10-17)25-18-13-11-16(12-14-18)22(23)15-21(22,4)5/h11-14,17,19H,6-10,15H2,1-5H3. The Bertz CT molecular complexity index is 581. The Balaban J connectivity index is 1.67. The maximum absolute atomic E-state index is 14.8. The zero-order chi connectivity index (χ0) is 18.3. The van der Waals surface area contributed by atoms with E-state index in [0.717, 1.165) is 24.2 Å². The molecule has 2 saturated carbocycles. The first kappa shape index (κ1) is 18.7. The summed E-state index contributed by atoms with van der Waals surface area (Å²) in [4.78, 5) is 0. The summed E-state index contributed by atoms with van der Waals surface area (Å²) in [6.45, 7) is 10.4. The Hall–Kier alpha value is -1.09. The molecule has 0 amide bonds. The van der Waals surface area contributed by atoms with E-state index in [-0.39, 0.29) is 17.1 Å². The van der Waals surface area contributed by atoms with Gasteiger partial charge in [-0.3, -0.25) is 0 Å². The van der Waals surface area contributed by atoms with Gasteiger partial charge in [0.2, 0.25) is 6.29 Å². The fraction of sp³-hybridized carbons (Fsp3) is 0.727. The summed E-state index contributed by atoms with van der Waals surface area (Å²) in [5.41, 5.74) is -0.804. The molecule has 2 fully saturated rings. The van der Waals surface area contributed by atoms with E-state index in [1.54, 1.807) is 0 Å². The van der Waals surface area contributed by atoms with Gasteiger partial charge in [0.15, 0.2) is 0 Å². The summed E-state index contributed by atoms with van der Waals surface area (Å²) in [6, 6.07) is 7.50. The van der Waals surface area contributed by atoms with Crippen LogP contribution in [-0.2, 0) is 10.4 Å². The molecular formula is C22H33FO2. The summed E-state index contributed by atoms with van der Waals surface area (Å²) in [5, 5.41) is 0. The third-order valence-electron chi connectivity index (χ3n) is 5.76. The molecule has 0 bridgehead atoms. The molecule has 0 aromatic heterocycles. The second-order valence-corrected chi connectivity index (χ2v) is 9.60. The van der Waals surface area contributed by atoms with Crippen LogP contribution in [0.25, 0.3) is 0 Å². The highest BCUT2D eigenvalue weighted by Crippen LogP contribution is 2.65. The van der Waals surface area contributed by atoms with Crippen LogP contribution in [-0.4, -0.2) is 12.4 Å². The van der Waals surface area contributed by atoms with Crippen molar-refractivity contribution in [1.29, 1.82) is 0 Å². The molecule has 2 nitrogen and oxygen atoms in total. The van der Waals surface area contributed by atoms with E-state index < -0.39 is 5.67 Å². The van der Waals surface area contributed by atoms with Gasteiger partial charge in [0.05, 0.1) is 6.10 Å². The van der Waals surface area contributed by atoms with Crippen LogP contribution in [0, 0.1) is 10.8 Å². The topological polar surface area (TPSA) is 18.5 Å². The van der Waals surface area contributed by atoms with Crippen molar-refractivity contribution in [2.24, 2.45) is 10.8 Å². The van der Waals surface area contributed by atoms with Gasteiger partial charge in [0, 0.05) is 10.8 Å². The van der Waals surface area contributed by atoms with Gasteiger partial charge in [-0.15, -0.1) is 0 Å². The van der Waals surface area contributed by atoms with Gasteiger partial charge >= 0.3 is 0 Å². The minimum absolute atomic E-state index is 0.115. The van der Waals surface area contributed by atoms with Crippen LogP contribution in [0.2, 0.25) is 0 Å². The molecule has 0 radical (unpaired) electrons. The van der Waals surface area contributed by atoms with Crippen molar-refractivity contribution in [3.63, 3.8) is 0 Å². The second-order valence-electron chi connectivity index (χ2n) is 9.60. The fourth-order valence-corrected chi connectivity index (χ4v) is 3.76. The molecule has 1 aromatic rings. The Kier molecular flexibility index (Phi) is 4.91.